The predicted octanol–water partition coefficient (Wildman–Crippen LogP) is 2.54. The highest BCUT2D eigenvalue weighted by atomic mass is 35.5. The lowest BCUT2D eigenvalue weighted by atomic mass is 10.3. The van der Waals surface area contributed by atoms with Crippen molar-refractivity contribution in [3.63, 3.8) is 0 Å². The maximum absolute atomic E-state index is 12.3. The van der Waals surface area contributed by atoms with Crippen molar-refractivity contribution in [1.82, 2.24) is 19.7 Å². The number of anilines is 1. The molecule has 0 aliphatic heterocycles. The van der Waals surface area contributed by atoms with Crippen LogP contribution in [0, 0.1) is 0 Å². The number of nitrogens with zero attached hydrogens (tertiary/aromatic N) is 3. The summed E-state index contributed by atoms with van der Waals surface area (Å²) in [4.78, 5) is 27.9. The van der Waals surface area contributed by atoms with E-state index >= 15 is 0 Å². The minimum absolute atomic E-state index is 0.234. The highest BCUT2D eigenvalue weighted by Crippen LogP contribution is 2.23. The van der Waals surface area contributed by atoms with E-state index in [1.54, 1.807) is 29.8 Å². The number of nitrogens with one attached hydrogen (secondary N) is 2. The first-order chi connectivity index (χ1) is 11.0. The summed E-state index contributed by atoms with van der Waals surface area (Å²) in [6, 6.07) is 3.37. The van der Waals surface area contributed by atoms with Crippen LogP contribution < -0.4 is 11.0 Å². The third kappa shape index (κ3) is 4.59. The monoisotopic (exact) mass is 355 g/mol. The second kappa shape index (κ2) is 8.16. The number of carbonyl (C=O) groups excluding carboxylic acids is 1. The van der Waals surface area contributed by atoms with Crippen molar-refractivity contribution in [3.8, 4) is 0 Å². The zero-order valence-corrected chi connectivity index (χ0v) is 14.4. The van der Waals surface area contributed by atoms with Crippen LogP contribution in [-0.2, 0) is 11.3 Å². The molecule has 2 N–H and O–H groups in total. The van der Waals surface area contributed by atoms with E-state index in [1.807, 2.05) is 6.92 Å². The smallest absolute Gasteiger partial charge is 0.322 e. The van der Waals surface area contributed by atoms with Gasteiger partial charge in [0, 0.05) is 12.7 Å². The fourth-order valence-electron chi connectivity index (χ4n) is 1.83. The maximum Gasteiger partial charge on any atom is 0.343 e. The summed E-state index contributed by atoms with van der Waals surface area (Å²) in [5, 5.41) is 9.42. The molecule has 9 heteroatoms. The number of H-pyrrole nitrogens is 1. The number of thioether (sulfide) groups is 1. The van der Waals surface area contributed by atoms with Gasteiger partial charge in [-0.15, -0.1) is 5.10 Å². The van der Waals surface area contributed by atoms with E-state index in [9.17, 15) is 9.59 Å². The minimum Gasteiger partial charge on any atom is -0.322 e. The molecule has 0 saturated carbocycles. The van der Waals surface area contributed by atoms with Gasteiger partial charge in [0.1, 0.15) is 0 Å². The number of carbonyl (C=O) groups is 1. The Labute approximate surface area is 142 Å². The lowest BCUT2D eigenvalue weighted by Crippen LogP contribution is -2.24. The van der Waals surface area contributed by atoms with Gasteiger partial charge in [-0.1, -0.05) is 36.7 Å². The van der Waals surface area contributed by atoms with Crippen LogP contribution >= 0.6 is 23.4 Å². The predicted molar refractivity (Wildman–Crippen MR) is 91.0 cm³/mol. The molecule has 1 amide bonds. The number of hydrogen-bond donors (Lipinski definition) is 2. The summed E-state index contributed by atoms with van der Waals surface area (Å²) in [5.41, 5.74) is 0.195. The number of unbranched alkanes of at least 4 members (excludes halogenated alkanes) is 1. The fraction of sp³-hybridized carbons (Fsp3) is 0.429. The first-order valence-electron chi connectivity index (χ1n) is 7.26. The summed E-state index contributed by atoms with van der Waals surface area (Å²) in [7, 11) is 0. The molecular formula is C14H18ClN5O2S. The van der Waals surface area contributed by atoms with Crippen molar-refractivity contribution in [3.05, 3.63) is 34.0 Å². The van der Waals surface area contributed by atoms with Gasteiger partial charge in [0.2, 0.25) is 5.91 Å². The Morgan fingerprint density at radius 3 is 3.04 bits per heavy atom. The first kappa shape index (κ1) is 17.6. The quantitative estimate of drug-likeness (QED) is 0.588. The normalized spacial score (nSPS) is 12.1. The third-order valence-electron chi connectivity index (χ3n) is 3.13. The molecule has 2 aromatic heterocycles. The van der Waals surface area contributed by atoms with Gasteiger partial charge < -0.3 is 5.32 Å². The molecule has 0 aliphatic rings. The Hall–Kier alpha value is -1.80. The Morgan fingerprint density at radius 1 is 1.57 bits per heavy atom. The molecule has 0 spiro atoms. The van der Waals surface area contributed by atoms with Gasteiger partial charge in [0.15, 0.2) is 10.3 Å². The summed E-state index contributed by atoms with van der Waals surface area (Å²) in [5.74, 6) is -0.234. The van der Waals surface area contributed by atoms with Crippen LogP contribution in [0.15, 0.2) is 28.3 Å². The molecule has 0 unspecified atom stereocenters. The molecule has 2 aromatic rings. The molecule has 0 aromatic carbocycles. The van der Waals surface area contributed by atoms with Gasteiger partial charge in [-0.2, -0.15) is 0 Å². The van der Waals surface area contributed by atoms with Gasteiger partial charge in [-0.25, -0.2) is 14.9 Å². The van der Waals surface area contributed by atoms with Crippen LogP contribution in [-0.4, -0.2) is 30.9 Å². The molecule has 1 atom stereocenters. The summed E-state index contributed by atoms with van der Waals surface area (Å²) < 4.78 is 1.55. The molecule has 23 heavy (non-hydrogen) atoms. The number of pyridine rings is 1. The van der Waals surface area contributed by atoms with Crippen molar-refractivity contribution >= 4 is 35.0 Å². The second-order valence-electron chi connectivity index (χ2n) is 4.91. The standard InChI is InChI=1S/C14H18ClN5O2S/c1-3-4-8-20-13(22)18-19-14(20)23-9(2)12(21)17-10-6-5-7-16-11(10)15/h5-7,9H,3-4,8H2,1-2H3,(H,17,21)(H,18,22)/t9-/m0/s1. The molecule has 0 radical (unpaired) electrons. The number of aromatic nitrogens is 4. The molecule has 2 heterocycles. The van der Waals surface area contributed by atoms with Crippen LogP contribution in [0.1, 0.15) is 26.7 Å². The highest BCUT2D eigenvalue weighted by Gasteiger charge is 2.19. The van der Waals surface area contributed by atoms with Crippen molar-refractivity contribution in [1.29, 1.82) is 0 Å². The lowest BCUT2D eigenvalue weighted by molar-refractivity contribution is -0.115. The van der Waals surface area contributed by atoms with Gasteiger partial charge in [-0.3, -0.25) is 9.36 Å². The Bertz CT molecular complexity index is 730. The lowest BCUT2D eigenvalue weighted by Gasteiger charge is -2.12. The topological polar surface area (TPSA) is 92.7 Å². The maximum atomic E-state index is 12.3. The van der Waals surface area contributed by atoms with Crippen LogP contribution in [0.2, 0.25) is 5.15 Å². The zero-order chi connectivity index (χ0) is 16.8. The van der Waals surface area contributed by atoms with Crippen LogP contribution in [0.25, 0.3) is 0 Å². The largest absolute Gasteiger partial charge is 0.343 e. The second-order valence-corrected chi connectivity index (χ2v) is 6.57. The first-order valence-corrected chi connectivity index (χ1v) is 8.52. The van der Waals surface area contributed by atoms with Crippen LogP contribution in [0.4, 0.5) is 5.69 Å². The number of halogens is 1. The summed E-state index contributed by atoms with van der Waals surface area (Å²) >= 11 is 7.14. The number of aromatic amines is 1. The fourth-order valence-corrected chi connectivity index (χ4v) is 2.88. The zero-order valence-electron chi connectivity index (χ0n) is 12.9. The van der Waals surface area contributed by atoms with E-state index in [0.29, 0.717) is 17.4 Å². The molecule has 0 fully saturated rings. The van der Waals surface area contributed by atoms with Gasteiger partial charge >= 0.3 is 5.69 Å². The van der Waals surface area contributed by atoms with Crippen molar-refractivity contribution < 1.29 is 4.79 Å². The van der Waals surface area contributed by atoms with Gasteiger partial charge in [0.05, 0.1) is 10.9 Å². The highest BCUT2D eigenvalue weighted by molar-refractivity contribution is 8.00. The van der Waals surface area contributed by atoms with E-state index in [2.05, 4.69) is 20.5 Å². The van der Waals surface area contributed by atoms with Crippen LogP contribution in [0.3, 0.4) is 0 Å². The third-order valence-corrected chi connectivity index (χ3v) is 4.52. The van der Waals surface area contributed by atoms with Crippen molar-refractivity contribution in [2.75, 3.05) is 5.32 Å². The van der Waals surface area contributed by atoms with Crippen LogP contribution in [0.5, 0.6) is 0 Å². The summed E-state index contributed by atoms with van der Waals surface area (Å²) in [6.45, 7) is 4.37. The van der Waals surface area contributed by atoms with E-state index in [0.717, 1.165) is 12.8 Å². The SMILES string of the molecule is CCCCn1c(S[C@@H](C)C(=O)Nc2cccnc2Cl)n[nH]c1=O. The average Bonchev–Trinajstić information content (AvgIpc) is 2.87. The van der Waals surface area contributed by atoms with E-state index in [1.165, 1.54) is 11.8 Å². The Balaban J connectivity index is 2.04. The molecule has 7 nitrogen and oxygen atoms in total. The molecule has 0 saturated heterocycles. The average molecular weight is 356 g/mol. The Morgan fingerprint density at radius 2 is 2.35 bits per heavy atom. The van der Waals surface area contributed by atoms with Crippen molar-refractivity contribution in [2.24, 2.45) is 0 Å². The Kier molecular flexibility index (Phi) is 6.23. The van der Waals surface area contributed by atoms with E-state index < -0.39 is 5.25 Å². The number of amides is 1. The minimum atomic E-state index is -0.443. The number of hydrogen-bond acceptors (Lipinski definition) is 5. The molecule has 0 bridgehead atoms. The van der Waals surface area contributed by atoms with E-state index in [-0.39, 0.29) is 16.8 Å². The van der Waals surface area contributed by atoms with E-state index in [4.69, 9.17) is 11.6 Å². The number of rotatable bonds is 7. The van der Waals surface area contributed by atoms with Crippen molar-refractivity contribution in [2.45, 2.75) is 43.6 Å². The molecule has 0 aliphatic carbocycles. The molecule has 2 rings (SSSR count). The molecule has 124 valence electrons. The van der Waals surface area contributed by atoms with Gasteiger partial charge in [-0.05, 0) is 25.5 Å². The van der Waals surface area contributed by atoms with Gasteiger partial charge in [0.25, 0.3) is 0 Å². The molecular weight excluding hydrogens is 338 g/mol. The summed E-state index contributed by atoms with van der Waals surface area (Å²) in [6.07, 6.45) is 3.39.